The molecule has 1 saturated heterocycles. The van der Waals surface area contributed by atoms with E-state index in [4.69, 9.17) is 14.0 Å². The lowest BCUT2D eigenvalue weighted by molar-refractivity contribution is 0.0709. The molecular weight excluding hydrogens is 462 g/mol. The molecule has 0 radical (unpaired) electrons. The molecule has 35 heavy (non-hydrogen) atoms. The fourth-order valence-corrected chi connectivity index (χ4v) is 4.17. The first-order valence-corrected chi connectivity index (χ1v) is 10.7. The Morgan fingerprint density at radius 3 is 2.66 bits per heavy atom. The molecule has 1 aliphatic rings. The van der Waals surface area contributed by atoms with Crippen LogP contribution in [0.2, 0.25) is 0 Å². The molecule has 5 rings (SSSR count). The van der Waals surface area contributed by atoms with Crippen LogP contribution in [-0.2, 0) is 0 Å². The van der Waals surface area contributed by atoms with Crippen LogP contribution in [0.15, 0.2) is 47.2 Å². The lowest BCUT2D eigenvalue weighted by Gasteiger charge is -2.23. The minimum atomic E-state index is -0.653. The van der Waals surface area contributed by atoms with Gasteiger partial charge in [-0.3, -0.25) is 4.79 Å². The van der Waals surface area contributed by atoms with E-state index in [0.29, 0.717) is 24.9 Å². The molecule has 4 aromatic rings. The minimum absolute atomic E-state index is 0.00558. The summed E-state index contributed by atoms with van der Waals surface area (Å²) in [4.78, 5) is 20.8. The largest absolute Gasteiger partial charge is 0.494 e. The predicted octanol–water partition coefficient (Wildman–Crippen LogP) is 3.59. The molecule has 1 fully saturated rings. The second-order valence-corrected chi connectivity index (χ2v) is 7.76. The summed E-state index contributed by atoms with van der Waals surface area (Å²) in [7, 11) is 2.67. The fourth-order valence-electron chi connectivity index (χ4n) is 4.17. The van der Waals surface area contributed by atoms with E-state index in [1.165, 1.54) is 49.6 Å². The highest BCUT2D eigenvalue weighted by Gasteiger charge is 2.36. The number of hydrogen-bond acceptors (Lipinski definition) is 8. The van der Waals surface area contributed by atoms with Gasteiger partial charge in [0.1, 0.15) is 11.7 Å². The smallest absolute Gasteiger partial charge is 0.256 e. The van der Waals surface area contributed by atoms with Gasteiger partial charge in [0.25, 0.3) is 5.91 Å². The van der Waals surface area contributed by atoms with Gasteiger partial charge in [-0.05, 0) is 31.0 Å². The number of hydrogen-bond donors (Lipinski definition) is 0. The minimum Gasteiger partial charge on any atom is -0.494 e. The second-order valence-electron chi connectivity index (χ2n) is 7.76. The van der Waals surface area contributed by atoms with Crippen molar-refractivity contribution in [3.8, 4) is 28.6 Å². The number of carbonyl (C=O) groups excluding carboxylic acids is 1. The van der Waals surface area contributed by atoms with Crippen molar-refractivity contribution in [2.45, 2.75) is 18.9 Å². The molecule has 1 amide bonds. The van der Waals surface area contributed by atoms with Crippen molar-refractivity contribution in [1.82, 2.24) is 30.0 Å². The Bertz CT molecular complexity index is 1370. The van der Waals surface area contributed by atoms with Gasteiger partial charge in [-0.15, -0.1) is 0 Å². The average Bonchev–Trinajstić information content (AvgIpc) is 3.64. The summed E-state index contributed by atoms with van der Waals surface area (Å²) in [6.07, 6.45) is 4.11. The van der Waals surface area contributed by atoms with Crippen LogP contribution in [0.3, 0.4) is 0 Å². The van der Waals surface area contributed by atoms with Crippen molar-refractivity contribution in [3.05, 3.63) is 65.8 Å². The molecule has 12 heteroatoms. The lowest BCUT2D eigenvalue weighted by Crippen LogP contribution is -2.31. The van der Waals surface area contributed by atoms with Gasteiger partial charge >= 0.3 is 0 Å². The standard InChI is InChI=1S/C23H20F2N6O4/c1-33-19-11-14(18(12-16(19)25)31-26-8-9-27-31)23(32)30-10-4-7-17(30)22-28-21(29-35-22)13-5-3-6-15(24)20(13)34-2/h3,5-6,8-9,11-12,17H,4,7,10H2,1-2H3. The third-order valence-corrected chi connectivity index (χ3v) is 5.79. The van der Waals surface area contributed by atoms with Crippen LogP contribution < -0.4 is 9.47 Å². The summed E-state index contributed by atoms with van der Waals surface area (Å²) in [6.45, 7) is 0.413. The van der Waals surface area contributed by atoms with Gasteiger partial charge in [0.15, 0.2) is 23.1 Å². The Morgan fingerprint density at radius 1 is 1.11 bits per heavy atom. The van der Waals surface area contributed by atoms with Crippen LogP contribution in [0.25, 0.3) is 17.1 Å². The van der Waals surface area contributed by atoms with E-state index in [9.17, 15) is 13.6 Å². The first kappa shape index (κ1) is 22.4. The van der Waals surface area contributed by atoms with E-state index >= 15 is 0 Å². The van der Waals surface area contributed by atoms with Crippen molar-refractivity contribution in [2.24, 2.45) is 0 Å². The quantitative estimate of drug-likeness (QED) is 0.410. The van der Waals surface area contributed by atoms with E-state index in [2.05, 4.69) is 20.3 Å². The van der Waals surface area contributed by atoms with E-state index < -0.39 is 23.6 Å². The lowest BCUT2D eigenvalue weighted by atomic mass is 10.1. The summed E-state index contributed by atoms with van der Waals surface area (Å²) < 4.78 is 44.3. The molecule has 2 aromatic heterocycles. The highest BCUT2D eigenvalue weighted by Crippen LogP contribution is 2.36. The number of carbonyl (C=O) groups is 1. The van der Waals surface area contributed by atoms with E-state index in [-0.39, 0.29) is 34.5 Å². The molecule has 10 nitrogen and oxygen atoms in total. The third-order valence-electron chi connectivity index (χ3n) is 5.79. The Balaban J connectivity index is 1.50. The number of halogens is 2. The predicted molar refractivity (Wildman–Crippen MR) is 117 cm³/mol. The maximum absolute atomic E-state index is 14.5. The monoisotopic (exact) mass is 482 g/mol. The van der Waals surface area contributed by atoms with Crippen LogP contribution in [0.5, 0.6) is 11.5 Å². The number of benzene rings is 2. The summed E-state index contributed by atoms with van der Waals surface area (Å²) in [6, 6.07) is 6.34. The van der Waals surface area contributed by atoms with Crippen molar-refractivity contribution in [3.63, 3.8) is 0 Å². The molecule has 180 valence electrons. The van der Waals surface area contributed by atoms with Crippen LogP contribution in [0.1, 0.15) is 35.1 Å². The molecule has 0 N–H and O–H groups in total. The molecule has 1 atom stereocenters. The van der Waals surface area contributed by atoms with Crippen molar-refractivity contribution in [1.29, 1.82) is 0 Å². The summed E-state index contributed by atoms with van der Waals surface area (Å²) in [5.74, 6) is -1.36. The van der Waals surface area contributed by atoms with Crippen LogP contribution in [0, 0.1) is 11.6 Å². The Labute approximate surface area is 198 Å². The number of rotatable bonds is 6. The fraction of sp³-hybridized carbons (Fsp3) is 0.261. The molecule has 0 spiro atoms. The summed E-state index contributed by atoms with van der Waals surface area (Å²) in [5, 5.41) is 12.0. The van der Waals surface area contributed by atoms with Gasteiger partial charge in [0.2, 0.25) is 11.7 Å². The molecule has 1 aliphatic heterocycles. The van der Waals surface area contributed by atoms with Crippen molar-refractivity contribution >= 4 is 5.91 Å². The Kier molecular flexibility index (Phi) is 5.85. The van der Waals surface area contributed by atoms with Gasteiger partial charge in [-0.1, -0.05) is 11.2 Å². The number of aromatic nitrogens is 5. The molecule has 0 saturated carbocycles. The Hall–Kier alpha value is -4.35. The number of nitrogens with zero attached hydrogens (tertiary/aromatic N) is 6. The molecule has 0 aliphatic carbocycles. The molecular formula is C23H20F2N6O4. The number of ether oxygens (including phenoxy) is 2. The maximum atomic E-state index is 14.5. The molecule has 3 heterocycles. The normalized spacial score (nSPS) is 15.4. The van der Waals surface area contributed by atoms with E-state index in [0.717, 1.165) is 6.07 Å². The number of methoxy groups -OCH3 is 2. The van der Waals surface area contributed by atoms with Gasteiger partial charge in [-0.2, -0.15) is 20.0 Å². The van der Waals surface area contributed by atoms with Gasteiger partial charge in [0.05, 0.1) is 37.7 Å². The number of likely N-dealkylation sites (tertiary alicyclic amines) is 1. The first-order valence-electron chi connectivity index (χ1n) is 10.7. The van der Waals surface area contributed by atoms with Crippen LogP contribution in [0.4, 0.5) is 8.78 Å². The number of para-hydroxylation sites is 1. The van der Waals surface area contributed by atoms with Gasteiger partial charge in [0, 0.05) is 12.6 Å². The molecule has 1 unspecified atom stereocenters. The van der Waals surface area contributed by atoms with Gasteiger partial charge < -0.3 is 18.9 Å². The zero-order valence-electron chi connectivity index (χ0n) is 18.8. The second kappa shape index (κ2) is 9.12. The number of amides is 1. The zero-order valence-corrected chi connectivity index (χ0v) is 18.8. The van der Waals surface area contributed by atoms with Gasteiger partial charge in [-0.25, -0.2) is 8.78 Å². The van der Waals surface area contributed by atoms with E-state index in [1.807, 2.05) is 0 Å². The third kappa shape index (κ3) is 3.96. The first-order chi connectivity index (χ1) is 17.0. The van der Waals surface area contributed by atoms with Crippen molar-refractivity contribution in [2.75, 3.05) is 20.8 Å². The van der Waals surface area contributed by atoms with Crippen molar-refractivity contribution < 1.29 is 27.6 Å². The molecule has 2 aromatic carbocycles. The van der Waals surface area contributed by atoms with Crippen LogP contribution >= 0.6 is 0 Å². The maximum Gasteiger partial charge on any atom is 0.256 e. The van der Waals surface area contributed by atoms with E-state index in [1.54, 1.807) is 11.0 Å². The highest BCUT2D eigenvalue weighted by atomic mass is 19.1. The zero-order chi connectivity index (χ0) is 24.5. The summed E-state index contributed by atoms with van der Waals surface area (Å²) in [5.41, 5.74) is 0.645. The summed E-state index contributed by atoms with van der Waals surface area (Å²) >= 11 is 0. The average molecular weight is 482 g/mol. The topological polar surface area (TPSA) is 108 Å². The SMILES string of the molecule is COc1cc(C(=O)N2CCCC2c2nc(-c3cccc(F)c3OC)no2)c(-n2nccn2)cc1F. The molecule has 0 bridgehead atoms. The Morgan fingerprint density at radius 2 is 1.91 bits per heavy atom. The van der Waals surface area contributed by atoms with Crippen LogP contribution in [-0.4, -0.2) is 56.7 Å². The highest BCUT2D eigenvalue weighted by molar-refractivity contribution is 5.98.